The zero-order valence-corrected chi connectivity index (χ0v) is 14.5. The largest absolute Gasteiger partial charge is 0.461 e. The minimum Gasteiger partial charge on any atom is -0.405 e. The Morgan fingerprint density at radius 1 is 1.22 bits per heavy atom. The molecule has 2 nitrogen and oxygen atoms in total. The quantitative estimate of drug-likeness (QED) is 0.765. The Kier molecular flexibility index (Phi) is 3.45. The van der Waals surface area contributed by atoms with Gasteiger partial charge in [-0.15, -0.1) is 0 Å². The molecule has 4 fully saturated rings. The van der Waals surface area contributed by atoms with E-state index < -0.39 is 0 Å². The molecule has 0 amide bonds. The molecular formula is C19H26BFO2. The van der Waals surface area contributed by atoms with Gasteiger partial charge in [0.25, 0.3) is 0 Å². The molecule has 124 valence electrons. The lowest BCUT2D eigenvalue weighted by atomic mass is 9.43. The average Bonchev–Trinajstić information content (AvgIpc) is 2.86. The summed E-state index contributed by atoms with van der Waals surface area (Å²) in [5, 5.41) is 0. The van der Waals surface area contributed by atoms with Gasteiger partial charge >= 0.3 is 7.12 Å². The van der Waals surface area contributed by atoms with E-state index >= 15 is 0 Å². The third kappa shape index (κ3) is 2.29. The Morgan fingerprint density at radius 3 is 2.57 bits per heavy atom. The van der Waals surface area contributed by atoms with E-state index in [1.54, 1.807) is 0 Å². The third-order valence-electron chi connectivity index (χ3n) is 6.90. The van der Waals surface area contributed by atoms with Gasteiger partial charge in [0.1, 0.15) is 5.82 Å². The van der Waals surface area contributed by atoms with E-state index in [9.17, 15) is 4.39 Å². The summed E-state index contributed by atoms with van der Waals surface area (Å²) in [5.41, 5.74) is 1.37. The molecule has 0 unspecified atom stereocenters. The third-order valence-corrected chi connectivity index (χ3v) is 6.90. The highest BCUT2D eigenvalue weighted by atomic mass is 19.1. The molecule has 3 saturated carbocycles. The molecule has 4 heteroatoms. The van der Waals surface area contributed by atoms with Crippen molar-refractivity contribution in [3.05, 3.63) is 35.6 Å². The zero-order valence-electron chi connectivity index (χ0n) is 14.5. The summed E-state index contributed by atoms with van der Waals surface area (Å²) in [5.74, 6) is 1.46. The molecule has 1 aliphatic heterocycles. The molecule has 3 aliphatic carbocycles. The molecule has 5 rings (SSSR count). The maximum absolute atomic E-state index is 13.0. The van der Waals surface area contributed by atoms with Crippen LogP contribution in [0, 0.1) is 23.1 Å². The Bertz CT molecular complexity index is 602. The van der Waals surface area contributed by atoms with Crippen molar-refractivity contribution < 1.29 is 13.7 Å². The number of benzene rings is 1. The molecular weight excluding hydrogens is 290 g/mol. The summed E-state index contributed by atoms with van der Waals surface area (Å²) in [6, 6.07) is 6.76. The minimum atomic E-state index is -0.185. The molecule has 23 heavy (non-hydrogen) atoms. The fourth-order valence-corrected chi connectivity index (χ4v) is 5.23. The first-order chi connectivity index (χ1) is 10.8. The second-order valence-corrected chi connectivity index (χ2v) is 8.64. The van der Waals surface area contributed by atoms with Gasteiger partial charge in [-0.3, -0.25) is 0 Å². The number of hydrogen-bond donors (Lipinski definition) is 0. The lowest BCUT2D eigenvalue weighted by Gasteiger charge is -2.64. The van der Waals surface area contributed by atoms with E-state index in [-0.39, 0.29) is 30.5 Å². The molecule has 0 N–H and O–H groups in total. The van der Waals surface area contributed by atoms with Crippen LogP contribution in [0.4, 0.5) is 4.39 Å². The maximum Gasteiger partial charge on any atom is 0.461 e. The predicted molar refractivity (Wildman–Crippen MR) is 89.6 cm³/mol. The summed E-state index contributed by atoms with van der Waals surface area (Å²) in [7, 11) is -0.148. The van der Waals surface area contributed by atoms with E-state index in [1.165, 1.54) is 18.6 Å². The molecule has 0 spiro atoms. The lowest BCUT2D eigenvalue weighted by Crippen LogP contribution is -2.65. The minimum absolute atomic E-state index is 0.139. The average molecular weight is 316 g/mol. The van der Waals surface area contributed by atoms with Gasteiger partial charge in [-0.05, 0) is 67.0 Å². The first-order valence-electron chi connectivity index (χ1n) is 8.88. The second kappa shape index (κ2) is 5.06. The van der Waals surface area contributed by atoms with Gasteiger partial charge in [-0.25, -0.2) is 4.39 Å². The van der Waals surface area contributed by atoms with Crippen LogP contribution in [0.1, 0.15) is 46.1 Å². The lowest BCUT2D eigenvalue weighted by molar-refractivity contribution is -0.199. The van der Waals surface area contributed by atoms with Crippen molar-refractivity contribution in [2.75, 3.05) is 0 Å². The van der Waals surface area contributed by atoms with Crippen LogP contribution < -0.4 is 0 Å². The van der Waals surface area contributed by atoms with Crippen LogP contribution in [0.2, 0.25) is 5.82 Å². The van der Waals surface area contributed by atoms with Gasteiger partial charge < -0.3 is 9.31 Å². The Morgan fingerprint density at radius 2 is 1.91 bits per heavy atom. The van der Waals surface area contributed by atoms with Crippen LogP contribution in [-0.4, -0.2) is 18.8 Å². The Labute approximate surface area is 138 Å². The molecule has 1 aromatic rings. The van der Waals surface area contributed by atoms with Crippen LogP contribution in [0.5, 0.6) is 0 Å². The monoisotopic (exact) mass is 316 g/mol. The Balaban J connectivity index is 1.47. The van der Waals surface area contributed by atoms with Crippen molar-refractivity contribution in [1.29, 1.82) is 0 Å². The predicted octanol–water partition coefficient (Wildman–Crippen LogP) is 4.49. The van der Waals surface area contributed by atoms with E-state index in [2.05, 4.69) is 27.7 Å². The highest BCUT2D eigenvalue weighted by Gasteiger charge is 2.68. The molecule has 2 bridgehead atoms. The SMILES string of the molecule is C[C@H](Cc1ccc(F)cc1)B1O[C@@H]2C[C@@H]3C[C@@H](C3(C)C)[C@]2(C)O1. The summed E-state index contributed by atoms with van der Waals surface area (Å²) < 4.78 is 25.9. The van der Waals surface area contributed by atoms with Gasteiger partial charge in [-0.1, -0.05) is 32.9 Å². The van der Waals surface area contributed by atoms with Gasteiger partial charge in [0.15, 0.2) is 0 Å². The van der Waals surface area contributed by atoms with E-state index in [4.69, 9.17) is 9.31 Å². The first kappa shape index (κ1) is 15.7. The molecule has 0 aromatic heterocycles. The van der Waals surface area contributed by atoms with Crippen molar-refractivity contribution in [2.45, 2.75) is 64.5 Å². The zero-order chi connectivity index (χ0) is 16.4. The van der Waals surface area contributed by atoms with Gasteiger partial charge in [0.2, 0.25) is 0 Å². The van der Waals surface area contributed by atoms with Crippen molar-refractivity contribution in [2.24, 2.45) is 17.3 Å². The topological polar surface area (TPSA) is 18.5 Å². The molecule has 4 aliphatic rings. The first-order valence-corrected chi connectivity index (χ1v) is 8.88. The summed E-state index contributed by atoms with van der Waals surface area (Å²) in [4.78, 5) is 0. The fraction of sp³-hybridized carbons (Fsp3) is 0.684. The van der Waals surface area contributed by atoms with Crippen LogP contribution in [-0.2, 0) is 15.7 Å². The summed E-state index contributed by atoms with van der Waals surface area (Å²) in [6.07, 6.45) is 3.49. The fourth-order valence-electron chi connectivity index (χ4n) is 5.23. The van der Waals surface area contributed by atoms with Crippen molar-refractivity contribution in [3.63, 3.8) is 0 Å². The van der Waals surface area contributed by atoms with Gasteiger partial charge in [-0.2, -0.15) is 0 Å². The molecule has 1 saturated heterocycles. The molecule has 0 radical (unpaired) electrons. The molecule has 1 aromatic carbocycles. The van der Waals surface area contributed by atoms with E-state index in [0.717, 1.165) is 24.3 Å². The van der Waals surface area contributed by atoms with Crippen LogP contribution >= 0.6 is 0 Å². The van der Waals surface area contributed by atoms with Crippen LogP contribution in [0.15, 0.2) is 24.3 Å². The van der Waals surface area contributed by atoms with Crippen molar-refractivity contribution in [1.82, 2.24) is 0 Å². The standard InChI is InChI=1S/C19H26BFO2/c1-12(9-13-5-7-15(21)8-6-13)20-22-17-11-14-10-16(18(14,2)3)19(17,4)23-20/h5-8,12,14,16-17H,9-11H2,1-4H3/t12-,14+,16+,17-,19+/m1/s1. The van der Waals surface area contributed by atoms with Crippen molar-refractivity contribution >= 4 is 7.12 Å². The van der Waals surface area contributed by atoms with Crippen LogP contribution in [0.3, 0.4) is 0 Å². The highest BCUT2D eigenvalue weighted by Crippen LogP contribution is 2.66. The highest BCUT2D eigenvalue weighted by molar-refractivity contribution is 6.47. The maximum atomic E-state index is 13.0. The van der Waals surface area contributed by atoms with E-state index in [0.29, 0.717) is 11.3 Å². The smallest absolute Gasteiger partial charge is 0.405 e. The van der Waals surface area contributed by atoms with Gasteiger partial charge in [0, 0.05) is 0 Å². The number of hydrogen-bond acceptors (Lipinski definition) is 2. The second-order valence-electron chi connectivity index (χ2n) is 8.64. The molecule has 5 atom stereocenters. The van der Waals surface area contributed by atoms with E-state index in [1.807, 2.05) is 12.1 Å². The van der Waals surface area contributed by atoms with Gasteiger partial charge in [0.05, 0.1) is 11.7 Å². The summed E-state index contributed by atoms with van der Waals surface area (Å²) >= 11 is 0. The number of halogens is 1. The normalized spacial score (nSPS) is 38.8. The molecule has 1 heterocycles. The number of rotatable bonds is 3. The Hall–Kier alpha value is -0.865. The van der Waals surface area contributed by atoms with Crippen molar-refractivity contribution in [3.8, 4) is 0 Å². The van der Waals surface area contributed by atoms with Crippen LogP contribution in [0.25, 0.3) is 0 Å². The summed E-state index contributed by atoms with van der Waals surface area (Å²) in [6.45, 7) is 9.19.